The highest BCUT2D eigenvalue weighted by atomic mass is 32.2. The van der Waals surface area contributed by atoms with Crippen LogP contribution in [0.4, 0.5) is 0 Å². The molecule has 5 nitrogen and oxygen atoms in total. The summed E-state index contributed by atoms with van der Waals surface area (Å²) in [7, 11) is -3.41. The smallest absolute Gasteiger partial charge is 0.248 e. The van der Waals surface area contributed by atoms with Crippen LogP contribution in [0.1, 0.15) is 40.2 Å². The van der Waals surface area contributed by atoms with E-state index < -0.39 is 15.9 Å². The molecule has 6 heteroatoms. The number of benzene rings is 2. The number of sulfonamides is 1. The van der Waals surface area contributed by atoms with Gasteiger partial charge in [-0.2, -0.15) is 4.31 Å². The lowest BCUT2D eigenvalue weighted by Crippen LogP contribution is -2.36. The van der Waals surface area contributed by atoms with E-state index in [0.717, 1.165) is 24.0 Å². The van der Waals surface area contributed by atoms with Crippen LogP contribution in [0.5, 0.6) is 0 Å². The molecule has 26 heavy (non-hydrogen) atoms. The lowest BCUT2D eigenvalue weighted by atomic mass is 9.90. The maximum atomic E-state index is 12.5. The lowest BCUT2D eigenvalue weighted by Gasteiger charge is -2.30. The Bertz CT molecular complexity index is 882. The molecule has 0 aromatic heterocycles. The van der Waals surface area contributed by atoms with E-state index >= 15 is 0 Å². The second-order valence-electron chi connectivity index (χ2n) is 6.42. The Morgan fingerprint density at radius 1 is 1.00 bits per heavy atom. The first-order valence-electron chi connectivity index (χ1n) is 8.59. The molecule has 0 spiro atoms. The molecule has 0 saturated carbocycles. The second-order valence-corrected chi connectivity index (χ2v) is 8.24. The van der Waals surface area contributed by atoms with Crippen LogP contribution in [0, 0.1) is 0 Å². The Hall–Kier alpha value is -2.44. The van der Waals surface area contributed by atoms with Crippen LogP contribution < -0.4 is 5.73 Å². The second kappa shape index (κ2) is 7.85. The summed E-state index contributed by atoms with van der Waals surface area (Å²) in [6, 6.07) is 16.7. The van der Waals surface area contributed by atoms with Crippen LogP contribution >= 0.6 is 0 Å². The van der Waals surface area contributed by atoms with Crippen molar-refractivity contribution >= 4 is 22.0 Å². The molecule has 0 aliphatic carbocycles. The average molecular weight is 370 g/mol. The van der Waals surface area contributed by atoms with Gasteiger partial charge in [-0.05, 0) is 48.1 Å². The van der Waals surface area contributed by atoms with Crippen LogP contribution in [-0.2, 0) is 10.0 Å². The topological polar surface area (TPSA) is 80.5 Å². The van der Waals surface area contributed by atoms with Crippen LogP contribution in [-0.4, -0.2) is 31.7 Å². The van der Waals surface area contributed by atoms with Gasteiger partial charge in [-0.15, -0.1) is 0 Å². The molecule has 1 heterocycles. The molecule has 1 amide bonds. The van der Waals surface area contributed by atoms with Crippen molar-refractivity contribution in [3.8, 4) is 0 Å². The highest BCUT2D eigenvalue weighted by Gasteiger charge is 2.27. The molecule has 0 radical (unpaired) electrons. The van der Waals surface area contributed by atoms with Crippen LogP contribution in [0.25, 0.3) is 6.08 Å². The van der Waals surface area contributed by atoms with Crippen molar-refractivity contribution in [2.24, 2.45) is 5.73 Å². The van der Waals surface area contributed by atoms with Gasteiger partial charge in [0.15, 0.2) is 0 Å². The minimum atomic E-state index is -3.41. The van der Waals surface area contributed by atoms with E-state index in [1.807, 2.05) is 42.5 Å². The molecular weight excluding hydrogens is 348 g/mol. The normalized spacial score (nSPS) is 16.8. The zero-order valence-electron chi connectivity index (χ0n) is 14.4. The molecule has 2 aromatic carbocycles. The first-order chi connectivity index (χ1) is 12.5. The largest absolute Gasteiger partial charge is 0.366 e. The molecule has 3 rings (SSSR count). The third-order valence-electron chi connectivity index (χ3n) is 4.71. The fourth-order valence-electron chi connectivity index (χ4n) is 3.18. The maximum Gasteiger partial charge on any atom is 0.248 e. The van der Waals surface area contributed by atoms with Gasteiger partial charge in [-0.25, -0.2) is 8.42 Å². The Morgan fingerprint density at radius 2 is 1.62 bits per heavy atom. The van der Waals surface area contributed by atoms with Crippen LogP contribution in [0.15, 0.2) is 60.0 Å². The number of nitrogens with zero attached hydrogens (tertiary/aromatic N) is 1. The maximum absolute atomic E-state index is 12.5. The summed E-state index contributed by atoms with van der Waals surface area (Å²) in [5.41, 5.74) is 7.73. The van der Waals surface area contributed by atoms with E-state index in [1.165, 1.54) is 9.71 Å². The van der Waals surface area contributed by atoms with Crippen LogP contribution in [0.2, 0.25) is 0 Å². The van der Waals surface area contributed by atoms with Crippen molar-refractivity contribution in [3.05, 3.63) is 76.7 Å². The number of nitrogens with two attached hydrogens (primary N) is 1. The van der Waals surface area contributed by atoms with Gasteiger partial charge >= 0.3 is 0 Å². The SMILES string of the molecule is NC(=O)c1ccc(C2CCN(S(=O)(=O)C=Cc3ccccc3)CC2)cc1. The minimum Gasteiger partial charge on any atom is -0.366 e. The first kappa shape index (κ1) is 18.4. The molecule has 0 atom stereocenters. The predicted octanol–water partition coefficient (Wildman–Crippen LogP) is 2.97. The molecule has 136 valence electrons. The zero-order valence-corrected chi connectivity index (χ0v) is 15.2. The molecule has 2 N–H and O–H groups in total. The fraction of sp³-hybridized carbons (Fsp3) is 0.250. The molecule has 1 fully saturated rings. The summed E-state index contributed by atoms with van der Waals surface area (Å²) < 4.78 is 26.5. The standard InChI is InChI=1S/C20H22N2O3S/c21-20(23)19-8-6-17(7-9-19)18-10-13-22(14-11-18)26(24,25)15-12-16-4-2-1-3-5-16/h1-9,12,15,18H,10-11,13-14H2,(H2,21,23). The zero-order chi connectivity index (χ0) is 18.6. The molecule has 0 unspecified atom stereocenters. The third-order valence-corrected chi connectivity index (χ3v) is 6.28. The van der Waals surface area contributed by atoms with E-state index in [0.29, 0.717) is 24.6 Å². The van der Waals surface area contributed by atoms with E-state index in [2.05, 4.69) is 0 Å². The van der Waals surface area contributed by atoms with Gasteiger partial charge in [0.1, 0.15) is 0 Å². The summed E-state index contributed by atoms with van der Waals surface area (Å²) in [4.78, 5) is 11.1. The van der Waals surface area contributed by atoms with E-state index in [-0.39, 0.29) is 0 Å². The van der Waals surface area contributed by atoms with Crippen molar-refractivity contribution < 1.29 is 13.2 Å². The van der Waals surface area contributed by atoms with Gasteiger partial charge in [-0.3, -0.25) is 4.79 Å². The van der Waals surface area contributed by atoms with E-state index in [9.17, 15) is 13.2 Å². The fourth-order valence-corrected chi connectivity index (χ4v) is 4.40. The Kier molecular flexibility index (Phi) is 5.54. The Morgan fingerprint density at radius 3 is 2.19 bits per heavy atom. The van der Waals surface area contributed by atoms with Gasteiger partial charge in [0, 0.05) is 24.1 Å². The number of carbonyl (C=O) groups is 1. The monoisotopic (exact) mass is 370 g/mol. The molecule has 2 aromatic rings. The van der Waals surface area contributed by atoms with Gasteiger partial charge in [0.2, 0.25) is 15.9 Å². The average Bonchev–Trinajstić information content (AvgIpc) is 2.67. The number of amides is 1. The van der Waals surface area contributed by atoms with Gasteiger partial charge in [0.05, 0.1) is 0 Å². The minimum absolute atomic E-state index is 0.293. The quantitative estimate of drug-likeness (QED) is 0.879. The summed E-state index contributed by atoms with van der Waals surface area (Å²) in [6.07, 6.45) is 3.15. The highest BCUT2D eigenvalue weighted by Crippen LogP contribution is 2.29. The van der Waals surface area contributed by atoms with Crippen molar-refractivity contribution in [3.63, 3.8) is 0 Å². The molecule has 1 saturated heterocycles. The van der Waals surface area contributed by atoms with Crippen molar-refractivity contribution in [1.29, 1.82) is 0 Å². The first-order valence-corrected chi connectivity index (χ1v) is 10.1. The summed E-state index contributed by atoms with van der Waals surface area (Å²) in [6.45, 7) is 0.980. The van der Waals surface area contributed by atoms with Gasteiger partial charge in [0.25, 0.3) is 0 Å². The number of carbonyl (C=O) groups excluding carboxylic acids is 1. The van der Waals surface area contributed by atoms with Gasteiger partial charge in [-0.1, -0.05) is 42.5 Å². The lowest BCUT2D eigenvalue weighted by molar-refractivity contribution is 0.1000. The van der Waals surface area contributed by atoms with E-state index in [4.69, 9.17) is 5.73 Å². The van der Waals surface area contributed by atoms with Gasteiger partial charge < -0.3 is 5.73 Å². The molecule has 1 aliphatic heterocycles. The van der Waals surface area contributed by atoms with Crippen molar-refractivity contribution in [2.45, 2.75) is 18.8 Å². The number of hydrogen-bond donors (Lipinski definition) is 1. The molecule has 0 bridgehead atoms. The van der Waals surface area contributed by atoms with Crippen molar-refractivity contribution in [2.75, 3.05) is 13.1 Å². The van der Waals surface area contributed by atoms with Crippen molar-refractivity contribution in [1.82, 2.24) is 4.31 Å². The summed E-state index contributed by atoms with van der Waals surface area (Å²) >= 11 is 0. The Balaban J connectivity index is 1.62. The van der Waals surface area contributed by atoms with E-state index in [1.54, 1.807) is 18.2 Å². The number of rotatable bonds is 5. The number of hydrogen-bond acceptors (Lipinski definition) is 3. The number of primary amides is 1. The predicted molar refractivity (Wildman–Crippen MR) is 103 cm³/mol. The molecule has 1 aliphatic rings. The Labute approximate surface area is 154 Å². The number of piperidine rings is 1. The van der Waals surface area contributed by atoms with Crippen LogP contribution in [0.3, 0.4) is 0 Å². The third kappa shape index (κ3) is 4.39. The summed E-state index contributed by atoms with van der Waals surface area (Å²) in [5, 5.41) is 1.28. The summed E-state index contributed by atoms with van der Waals surface area (Å²) in [5.74, 6) is -0.149. The molecular formula is C20H22N2O3S. The highest BCUT2D eigenvalue weighted by molar-refractivity contribution is 7.92.